The van der Waals surface area contributed by atoms with Crippen molar-refractivity contribution in [2.75, 3.05) is 18.7 Å². The van der Waals surface area contributed by atoms with E-state index in [9.17, 15) is 19.6 Å². The van der Waals surface area contributed by atoms with Crippen molar-refractivity contribution >= 4 is 23.7 Å². The summed E-state index contributed by atoms with van der Waals surface area (Å²) >= 11 is 0. The maximum absolute atomic E-state index is 13.1. The molecule has 3 rings (SSSR count). The second-order valence-corrected chi connectivity index (χ2v) is 7.23. The molecule has 0 spiro atoms. The largest absolute Gasteiger partial charge is 0.465 e. The maximum Gasteiger partial charge on any atom is 0.410 e. The SMILES string of the molecule is COC(=O)c1cccc(N(O)C(=O)C2(C)CCCN2C(=O)OCc2ccccc2)c1. The molecule has 0 radical (unpaired) electrons. The molecular weight excluding hydrogens is 388 g/mol. The highest BCUT2D eigenvalue weighted by Gasteiger charge is 2.48. The Kier molecular flexibility index (Phi) is 6.37. The molecule has 158 valence electrons. The molecule has 1 aliphatic heterocycles. The van der Waals surface area contributed by atoms with E-state index in [1.807, 2.05) is 30.3 Å². The number of carbonyl (C=O) groups excluding carboxylic acids is 3. The summed E-state index contributed by atoms with van der Waals surface area (Å²) in [5.74, 6) is -1.27. The molecular formula is C22H24N2O6. The van der Waals surface area contributed by atoms with Crippen LogP contribution in [-0.4, -0.2) is 47.3 Å². The smallest absolute Gasteiger partial charge is 0.410 e. The zero-order valence-electron chi connectivity index (χ0n) is 16.9. The molecule has 0 aliphatic carbocycles. The monoisotopic (exact) mass is 412 g/mol. The van der Waals surface area contributed by atoms with Gasteiger partial charge in [-0.3, -0.25) is 14.9 Å². The van der Waals surface area contributed by atoms with Crippen molar-refractivity contribution in [2.24, 2.45) is 0 Å². The highest BCUT2D eigenvalue weighted by Crippen LogP contribution is 2.33. The standard InChI is InChI=1S/C22H24N2O6/c1-22(20(26)24(28)18-11-6-10-17(14-18)19(25)29-2)12-7-13-23(22)21(27)30-15-16-8-4-3-5-9-16/h3-6,8-11,14,28H,7,12-13,15H2,1-2H3. The van der Waals surface area contributed by atoms with Gasteiger partial charge in [0.25, 0.3) is 5.91 Å². The number of likely N-dealkylation sites (tertiary alicyclic amines) is 1. The average molecular weight is 412 g/mol. The second-order valence-electron chi connectivity index (χ2n) is 7.23. The van der Waals surface area contributed by atoms with Crippen LogP contribution in [0, 0.1) is 0 Å². The van der Waals surface area contributed by atoms with E-state index in [0.717, 1.165) is 5.56 Å². The molecule has 2 amide bonds. The van der Waals surface area contributed by atoms with Crippen molar-refractivity contribution in [3.05, 3.63) is 65.7 Å². The fraction of sp³-hybridized carbons (Fsp3) is 0.318. The summed E-state index contributed by atoms with van der Waals surface area (Å²) in [5.41, 5.74) is -0.142. The Balaban J connectivity index is 1.74. The normalized spacial score (nSPS) is 18.0. The van der Waals surface area contributed by atoms with E-state index in [2.05, 4.69) is 4.74 Å². The Morgan fingerprint density at radius 3 is 2.57 bits per heavy atom. The molecule has 2 aromatic rings. The molecule has 0 aromatic heterocycles. The molecule has 1 atom stereocenters. The van der Waals surface area contributed by atoms with Crippen LogP contribution in [0.3, 0.4) is 0 Å². The minimum atomic E-state index is -1.27. The van der Waals surface area contributed by atoms with Crippen LogP contribution in [0.5, 0.6) is 0 Å². The highest BCUT2D eigenvalue weighted by atomic mass is 16.6. The molecule has 1 heterocycles. The highest BCUT2D eigenvalue weighted by molar-refractivity contribution is 6.01. The lowest BCUT2D eigenvalue weighted by Gasteiger charge is -2.35. The van der Waals surface area contributed by atoms with Crippen molar-refractivity contribution < 1.29 is 29.1 Å². The first-order valence-corrected chi connectivity index (χ1v) is 9.57. The van der Waals surface area contributed by atoms with Crippen LogP contribution in [0.15, 0.2) is 54.6 Å². The molecule has 8 nitrogen and oxygen atoms in total. The second kappa shape index (κ2) is 8.96. The summed E-state index contributed by atoms with van der Waals surface area (Å²) in [6, 6.07) is 15.1. The number of hydrogen-bond donors (Lipinski definition) is 1. The fourth-order valence-electron chi connectivity index (χ4n) is 3.50. The number of methoxy groups -OCH3 is 1. The minimum Gasteiger partial charge on any atom is -0.465 e. The van der Waals surface area contributed by atoms with Gasteiger partial charge >= 0.3 is 12.1 Å². The molecule has 0 saturated carbocycles. The third kappa shape index (κ3) is 4.28. The molecule has 0 bridgehead atoms. The fourth-order valence-corrected chi connectivity index (χ4v) is 3.50. The molecule has 1 N–H and O–H groups in total. The molecule has 1 aliphatic rings. The number of nitrogens with zero attached hydrogens (tertiary/aromatic N) is 2. The van der Waals surface area contributed by atoms with Gasteiger partial charge in [0.1, 0.15) is 12.1 Å². The number of esters is 1. The maximum atomic E-state index is 13.1. The third-order valence-corrected chi connectivity index (χ3v) is 5.23. The van der Waals surface area contributed by atoms with Gasteiger partial charge in [-0.2, -0.15) is 5.06 Å². The number of ether oxygens (including phenoxy) is 2. The van der Waals surface area contributed by atoms with Crippen LogP contribution >= 0.6 is 0 Å². The molecule has 30 heavy (non-hydrogen) atoms. The molecule has 8 heteroatoms. The quantitative estimate of drug-likeness (QED) is 0.459. The van der Waals surface area contributed by atoms with E-state index in [-0.39, 0.29) is 17.9 Å². The summed E-state index contributed by atoms with van der Waals surface area (Å²) in [5, 5.41) is 11.0. The first kappa shape index (κ1) is 21.3. The van der Waals surface area contributed by atoms with Crippen molar-refractivity contribution in [3.8, 4) is 0 Å². The number of hydroxylamine groups is 1. The lowest BCUT2D eigenvalue weighted by atomic mass is 9.97. The third-order valence-electron chi connectivity index (χ3n) is 5.23. The van der Waals surface area contributed by atoms with Gasteiger partial charge in [-0.05, 0) is 43.5 Å². The van der Waals surface area contributed by atoms with Crippen LogP contribution in [0.25, 0.3) is 0 Å². The Labute approximate surface area is 174 Å². The molecule has 1 unspecified atom stereocenters. The summed E-state index contributed by atoms with van der Waals surface area (Å²) < 4.78 is 10.1. The Bertz CT molecular complexity index is 932. The summed E-state index contributed by atoms with van der Waals surface area (Å²) in [4.78, 5) is 38.9. The van der Waals surface area contributed by atoms with E-state index < -0.39 is 23.5 Å². The lowest BCUT2D eigenvalue weighted by molar-refractivity contribution is -0.133. The Morgan fingerprint density at radius 1 is 1.13 bits per heavy atom. The van der Waals surface area contributed by atoms with Crippen LogP contribution in [0.1, 0.15) is 35.7 Å². The Hall–Kier alpha value is -3.39. The van der Waals surface area contributed by atoms with Crippen molar-refractivity contribution in [1.29, 1.82) is 0 Å². The van der Waals surface area contributed by atoms with E-state index in [1.165, 1.54) is 36.3 Å². The van der Waals surface area contributed by atoms with Gasteiger partial charge in [0.15, 0.2) is 0 Å². The van der Waals surface area contributed by atoms with Crippen molar-refractivity contribution in [1.82, 2.24) is 4.90 Å². The van der Waals surface area contributed by atoms with Crippen LogP contribution in [0.2, 0.25) is 0 Å². The van der Waals surface area contributed by atoms with E-state index in [1.54, 1.807) is 6.92 Å². The zero-order chi connectivity index (χ0) is 21.7. The number of benzene rings is 2. The van der Waals surface area contributed by atoms with Crippen molar-refractivity contribution in [3.63, 3.8) is 0 Å². The number of anilines is 1. The van der Waals surface area contributed by atoms with E-state index >= 15 is 0 Å². The molecule has 1 fully saturated rings. The van der Waals surface area contributed by atoms with Crippen LogP contribution in [0.4, 0.5) is 10.5 Å². The molecule has 2 aromatic carbocycles. The van der Waals surface area contributed by atoms with Gasteiger partial charge in [-0.25, -0.2) is 9.59 Å². The zero-order valence-corrected chi connectivity index (χ0v) is 16.9. The number of amides is 2. The predicted octanol–water partition coefficient (Wildman–Crippen LogP) is 3.39. The predicted molar refractivity (Wildman–Crippen MR) is 108 cm³/mol. The Morgan fingerprint density at radius 2 is 1.87 bits per heavy atom. The van der Waals surface area contributed by atoms with E-state index in [4.69, 9.17) is 4.74 Å². The van der Waals surface area contributed by atoms with Crippen LogP contribution < -0.4 is 5.06 Å². The number of carbonyl (C=O) groups is 3. The number of hydrogen-bond acceptors (Lipinski definition) is 6. The average Bonchev–Trinajstić information content (AvgIpc) is 3.19. The first-order valence-electron chi connectivity index (χ1n) is 9.57. The van der Waals surface area contributed by atoms with Gasteiger partial charge in [0.05, 0.1) is 18.4 Å². The van der Waals surface area contributed by atoms with Gasteiger partial charge in [0.2, 0.25) is 0 Å². The summed E-state index contributed by atoms with van der Waals surface area (Å²) in [7, 11) is 1.25. The van der Waals surface area contributed by atoms with Crippen LogP contribution in [-0.2, 0) is 20.9 Å². The molecule has 1 saturated heterocycles. The summed E-state index contributed by atoms with van der Waals surface area (Å²) in [6.07, 6.45) is 0.350. The van der Waals surface area contributed by atoms with Gasteiger partial charge in [-0.15, -0.1) is 0 Å². The van der Waals surface area contributed by atoms with Gasteiger partial charge < -0.3 is 9.47 Å². The summed E-state index contributed by atoms with van der Waals surface area (Å²) in [6.45, 7) is 2.02. The van der Waals surface area contributed by atoms with Crippen molar-refractivity contribution in [2.45, 2.75) is 31.9 Å². The lowest BCUT2D eigenvalue weighted by Crippen LogP contribution is -2.56. The topological polar surface area (TPSA) is 96.4 Å². The van der Waals surface area contributed by atoms with E-state index in [0.29, 0.717) is 24.4 Å². The number of rotatable bonds is 5. The first-order chi connectivity index (χ1) is 14.4. The van der Waals surface area contributed by atoms with Gasteiger partial charge in [0, 0.05) is 6.54 Å². The minimum absolute atomic E-state index is 0.0878. The van der Waals surface area contributed by atoms with Gasteiger partial charge in [-0.1, -0.05) is 36.4 Å².